The highest BCUT2D eigenvalue weighted by Gasteiger charge is 2.24. The van der Waals surface area contributed by atoms with Crippen molar-refractivity contribution in [1.82, 2.24) is 20.6 Å². The number of hydrogen-bond acceptors (Lipinski definition) is 6. The highest BCUT2D eigenvalue weighted by Crippen LogP contribution is 2.33. The molecule has 3 aromatic rings. The molecule has 0 amide bonds. The summed E-state index contributed by atoms with van der Waals surface area (Å²) in [4.78, 5) is 12.3. The Kier molecular flexibility index (Phi) is 8.79. The Hall–Kier alpha value is -3.22. The lowest BCUT2D eigenvalue weighted by Gasteiger charge is -2.20. The third-order valence-electron chi connectivity index (χ3n) is 6.15. The van der Waals surface area contributed by atoms with E-state index in [0.29, 0.717) is 17.9 Å². The first-order valence-electron chi connectivity index (χ1n) is 12.1. The van der Waals surface area contributed by atoms with Crippen LogP contribution in [0.2, 0.25) is 0 Å². The van der Waals surface area contributed by atoms with Crippen LogP contribution < -0.4 is 9.47 Å². The van der Waals surface area contributed by atoms with Crippen molar-refractivity contribution in [3.05, 3.63) is 65.0 Å². The molecule has 2 aromatic carbocycles. The minimum Gasteiger partial charge on any atom is -0.493 e. The average molecular weight is 465 g/mol. The summed E-state index contributed by atoms with van der Waals surface area (Å²) < 4.78 is 12.4. The number of ether oxygens (including phenoxy) is 2. The second-order valence-corrected chi connectivity index (χ2v) is 9.32. The number of tetrazole rings is 1. The fraction of sp³-hybridized carbons (Fsp3) is 0.481. The first-order valence-corrected chi connectivity index (χ1v) is 12.1. The quantitative estimate of drug-likeness (QED) is 0.246. The van der Waals surface area contributed by atoms with Gasteiger partial charge in [0, 0.05) is 11.5 Å². The smallest absolute Gasteiger partial charge is 0.180 e. The van der Waals surface area contributed by atoms with E-state index < -0.39 is 0 Å². The highest BCUT2D eigenvalue weighted by atomic mass is 16.5. The van der Waals surface area contributed by atoms with E-state index in [9.17, 15) is 4.79 Å². The molecule has 0 fully saturated rings. The number of carbonyl (C=O) groups is 1. The standard InChI is InChI=1S/C27H36N4O3/c1-6-21-17-23(19(2)32)25(34-20(3)22-13-9-7-10-14-22)18-24(21)33-16-12-8-11-15-27(4,5)26-28-30-31-29-26/h7,9-10,13-14,17-18,20H,6,8,11-12,15-16H2,1-5H3,(H,28,29,30,31). The molecule has 1 atom stereocenters. The second kappa shape index (κ2) is 11.8. The molecular weight excluding hydrogens is 428 g/mol. The van der Waals surface area contributed by atoms with E-state index >= 15 is 0 Å². The van der Waals surface area contributed by atoms with Crippen molar-refractivity contribution in [3.8, 4) is 11.5 Å². The SMILES string of the molecule is CCc1cc(C(C)=O)c(OC(C)c2ccccc2)cc1OCCCCCC(C)(C)c1nn[nH]n1. The normalized spacial score (nSPS) is 12.4. The number of H-pyrrole nitrogens is 1. The van der Waals surface area contributed by atoms with Gasteiger partial charge in [0.25, 0.3) is 0 Å². The van der Waals surface area contributed by atoms with E-state index in [-0.39, 0.29) is 17.3 Å². The maximum Gasteiger partial charge on any atom is 0.180 e. The van der Waals surface area contributed by atoms with Gasteiger partial charge in [-0.3, -0.25) is 4.79 Å². The molecule has 0 aliphatic carbocycles. The van der Waals surface area contributed by atoms with Crippen molar-refractivity contribution in [2.24, 2.45) is 0 Å². The number of ketones is 1. The zero-order chi connectivity index (χ0) is 24.6. The number of carbonyl (C=O) groups excluding carboxylic acids is 1. The Morgan fingerprint density at radius 2 is 1.85 bits per heavy atom. The molecule has 1 aromatic heterocycles. The lowest BCUT2D eigenvalue weighted by molar-refractivity contribution is 0.101. The van der Waals surface area contributed by atoms with Crippen LogP contribution in [0.15, 0.2) is 42.5 Å². The van der Waals surface area contributed by atoms with Crippen molar-refractivity contribution in [1.29, 1.82) is 0 Å². The molecule has 7 nitrogen and oxygen atoms in total. The van der Waals surface area contributed by atoms with Gasteiger partial charge in [0.15, 0.2) is 11.6 Å². The number of nitrogens with one attached hydrogen (secondary N) is 1. The number of aryl methyl sites for hydroxylation is 1. The molecule has 182 valence electrons. The van der Waals surface area contributed by atoms with Gasteiger partial charge in [-0.15, -0.1) is 10.2 Å². The molecule has 0 saturated carbocycles. The number of Topliss-reactive ketones (excluding diaryl/α,β-unsaturated/α-hetero) is 1. The fourth-order valence-corrected chi connectivity index (χ4v) is 3.96. The van der Waals surface area contributed by atoms with E-state index in [2.05, 4.69) is 41.4 Å². The van der Waals surface area contributed by atoms with Crippen LogP contribution in [0.25, 0.3) is 0 Å². The number of nitrogens with zero attached hydrogens (tertiary/aromatic N) is 3. The van der Waals surface area contributed by atoms with Crippen LogP contribution in [0.3, 0.4) is 0 Å². The molecule has 1 heterocycles. The topological polar surface area (TPSA) is 90.0 Å². The Balaban J connectivity index is 1.60. The number of unbranched alkanes of at least 4 members (excludes halogenated alkanes) is 2. The van der Waals surface area contributed by atoms with E-state index in [4.69, 9.17) is 9.47 Å². The van der Waals surface area contributed by atoms with Crippen LogP contribution in [0.4, 0.5) is 0 Å². The number of aromatic amines is 1. The number of aromatic nitrogens is 4. The minimum absolute atomic E-state index is 0.0132. The summed E-state index contributed by atoms with van der Waals surface area (Å²) in [6.07, 6.45) is 4.62. The van der Waals surface area contributed by atoms with Crippen molar-refractivity contribution < 1.29 is 14.3 Å². The van der Waals surface area contributed by atoms with Gasteiger partial charge in [-0.25, -0.2) is 0 Å². The van der Waals surface area contributed by atoms with Gasteiger partial charge in [-0.05, 0) is 50.3 Å². The van der Waals surface area contributed by atoms with Crippen molar-refractivity contribution in [3.63, 3.8) is 0 Å². The molecule has 0 bridgehead atoms. The molecular formula is C27H36N4O3. The first kappa shape index (κ1) is 25.4. The van der Waals surface area contributed by atoms with Crippen molar-refractivity contribution >= 4 is 5.78 Å². The molecule has 0 spiro atoms. The average Bonchev–Trinajstić information content (AvgIpc) is 3.38. The largest absolute Gasteiger partial charge is 0.493 e. The zero-order valence-corrected chi connectivity index (χ0v) is 20.9. The lowest BCUT2D eigenvalue weighted by Crippen LogP contribution is -2.19. The van der Waals surface area contributed by atoms with Crippen LogP contribution in [0, 0.1) is 0 Å². The summed E-state index contributed by atoms with van der Waals surface area (Å²) in [5.74, 6) is 2.09. The van der Waals surface area contributed by atoms with Gasteiger partial charge in [-0.2, -0.15) is 5.21 Å². The fourth-order valence-electron chi connectivity index (χ4n) is 3.96. The van der Waals surface area contributed by atoms with Crippen LogP contribution in [-0.4, -0.2) is 33.0 Å². The van der Waals surface area contributed by atoms with Crippen molar-refractivity contribution in [2.45, 2.75) is 78.2 Å². The van der Waals surface area contributed by atoms with Gasteiger partial charge >= 0.3 is 0 Å². The van der Waals surface area contributed by atoms with Gasteiger partial charge < -0.3 is 9.47 Å². The molecule has 34 heavy (non-hydrogen) atoms. The van der Waals surface area contributed by atoms with Crippen molar-refractivity contribution in [2.75, 3.05) is 6.61 Å². The number of hydrogen-bond donors (Lipinski definition) is 1. The summed E-state index contributed by atoms with van der Waals surface area (Å²) in [5, 5.41) is 14.4. The summed E-state index contributed by atoms with van der Waals surface area (Å²) >= 11 is 0. The summed E-state index contributed by atoms with van der Waals surface area (Å²) in [6.45, 7) is 10.5. The lowest BCUT2D eigenvalue weighted by atomic mass is 9.86. The maximum atomic E-state index is 12.3. The minimum atomic E-state index is -0.179. The molecule has 1 unspecified atom stereocenters. The van der Waals surface area contributed by atoms with E-state index in [1.54, 1.807) is 6.92 Å². The summed E-state index contributed by atoms with van der Waals surface area (Å²) in [5.41, 5.74) is 2.56. The monoisotopic (exact) mass is 464 g/mol. The Labute approximate surface area is 202 Å². The number of rotatable bonds is 13. The van der Waals surface area contributed by atoms with Crippen LogP contribution >= 0.6 is 0 Å². The van der Waals surface area contributed by atoms with Gasteiger partial charge in [0.1, 0.15) is 17.6 Å². The van der Waals surface area contributed by atoms with Crippen LogP contribution in [0.1, 0.15) is 93.7 Å². The predicted octanol–water partition coefficient (Wildman–Crippen LogP) is 6.02. The Morgan fingerprint density at radius 3 is 2.50 bits per heavy atom. The van der Waals surface area contributed by atoms with E-state index in [1.807, 2.05) is 49.4 Å². The van der Waals surface area contributed by atoms with Gasteiger partial charge in [0.2, 0.25) is 0 Å². The van der Waals surface area contributed by atoms with Crippen LogP contribution in [-0.2, 0) is 11.8 Å². The molecule has 7 heteroatoms. The molecule has 1 N–H and O–H groups in total. The Morgan fingerprint density at radius 1 is 1.09 bits per heavy atom. The maximum absolute atomic E-state index is 12.3. The summed E-state index contributed by atoms with van der Waals surface area (Å²) in [6, 6.07) is 13.8. The molecule has 0 saturated heterocycles. The molecule has 0 aliphatic heterocycles. The molecule has 0 aliphatic rings. The second-order valence-electron chi connectivity index (χ2n) is 9.32. The third-order valence-corrected chi connectivity index (χ3v) is 6.15. The third kappa shape index (κ3) is 6.65. The van der Waals surface area contributed by atoms with Gasteiger partial charge in [0.05, 0.1) is 12.2 Å². The summed E-state index contributed by atoms with van der Waals surface area (Å²) in [7, 11) is 0. The zero-order valence-electron chi connectivity index (χ0n) is 20.9. The highest BCUT2D eigenvalue weighted by molar-refractivity contribution is 5.97. The predicted molar refractivity (Wildman–Crippen MR) is 132 cm³/mol. The number of benzene rings is 2. The molecule has 0 radical (unpaired) electrons. The van der Waals surface area contributed by atoms with Crippen LogP contribution in [0.5, 0.6) is 11.5 Å². The van der Waals surface area contributed by atoms with E-state index in [1.165, 1.54) is 0 Å². The van der Waals surface area contributed by atoms with Gasteiger partial charge in [-0.1, -0.05) is 69.2 Å². The first-order chi connectivity index (χ1) is 16.3. The van der Waals surface area contributed by atoms with E-state index in [0.717, 1.165) is 54.8 Å². The Bertz CT molecular complexity index is 1050. The molecule has 3 rings (SSSR count).